The smallest absolute Gasteiger partial charge is 0.159 e. The summed E-state index contributed by atoms with van der Waals surface area (Å²) in [5.74, 6) is 0.777. The Morgan fingerprint density at radius 2 is 1.81 bits per heavy atom. The second kappa shape index (κ2) is 4.86. The molecule has 0 aliphatic carbocycles. The first kappa shape index (κ1) is 10.8. The van der Waals surface area contributed by atoms with Gasteiger partial charge in [0.25, 0.3) is 0 Å². The molecule has 1 heterocycles. The van der Waals surface area contributed by atoms with Gasteiger partial charge in [-0.25, -0.2) is 9.97 Å². The van der Waals surface area contributed by atoms with Crippen LogP contribution in [0.4, 0.5) is 0 Å². The van der Waals surface area contributed by atoms with Gasteiger partial charge in [-0.1, -0.05) is 24.3 Å². The van der Waals surface area contributed by atoms with Crippen LogP contribution in [0.2, 0.25) is 0 Å². The molecule has 3 nitrogen and oxygen atoms in total. The number of nitrogens with two attached hydrogens (primary N) is 1. The maximum absolute atomic E-state index is 5.48. The Hall–Kier alpha value is -1.74. The highest BCUT2D eigenvalue weighted by atomic mass is 14.9. The Morgan fingerprint density at radius 3 is 2.44 bits per heavy atom. The molecule has 2 N–H and O–H groups in total. The van der Waals surface area contributed by atoms with E-state index in [-0.39, 0.29) is 0 Å². The van der Waals surface area contributed by atoms with E-state index < -0.39 is 0 Å². The second-order valence-electron chi connectivity index (χ2n) is 3.77. The van der Waals surface area contributed by atoms with Crippen LogP contribution in [0, 0.1) is 6.92 Å². The van der Waals surface area contributed by atoms with Gasteiger partial charge >= 0.3 is 0 Å². The summed E-state index contributed by atoms with van der Waals surface area (Å²) in [6, 6.07) is 8.11. The van der Waals surface area contributed by atoms with E-state index in [1.807, 2.05) is 30.6 Å². The van der Waals surface area contributed by atoms with Gasteiger partial charge in [0.05, 0.1) is 0 Å². The van der Waals surface area contributed by atoms with E-state index in [0.717, 1.165) is 23.4 Å². The van der Waals surface area contributed by atoms with E-state index in [1.54, 1.807) is 0 Å². The fourth-order valence-electron chi connectivity index (χ4n) is 1.61. The fourth-order valence-corrected chi connectivity index (χ4v) is 1.61. The van der Waals surface area contributed by atoms with Crippen LogP contribution in [0.1, 0.15) is 11.1 Å². The van der Waals surface area contributed by atoms with Crippen molar-refractivity contribution in [2.75, 3.05) is 6.54 Å². The number of hydrogen-bond acceptors (Lipinski definition) is 3. The van der Waals surface area contributed by atoms with Gasteiger partial charge in [0.1, 0.15) is 0 Å². The SMILES string of the molecule is Cc1ccccc1-c1ncc(CCN)cn1. The number of rotatable bonds is 3. The highest BCUT2D eigenvalue weighted by Gasteiger charge is 2.03. The van der Waals surface area contributed by atoms with Gasteiger partial charge in [0.15, 0.2) is 5.82 Å². The molecule has 0 saturated heterocycles. The molecule has 2 aromatic rings. The summed E-state index contributed by atoms with van der Waals surface area (Å²) in [4.78, 5) is 8.72. The fraction of sp³-hybridized carbons (Fsp3) is 0.231. The van der Waals surface area contributed by atoms with Gasteiger partial charge in [0, 0.05) is 18.0 Å². The molecule has 16 heavy (non-hydrogen) atoms. The Kier molecular flexibility index (Phi) is 3.27. The topological polar surface area (TPSA) is 51.8 Å². The zero-order chi connectivity index (χ0) is 11.4. The molecule has 1 aromatic heterocycles. The minimum absolute atomic E-state index is 0.632. The van der Waals surface area contributed by atoms with Crippen LogP contribution in [0.25, 0.3) is 11.4 Å². The van der Waals surface area contributed by atoms with Gasteiger partial charge in [-0.15, -0.1) is 0 Å². The molecule has 0 spiro atoms. The first-order valence-electron chi connectivity index (χ1n) is 5.38. The maximum atomic E-state index is 5.48. The maximum Gasteiger partial charge on any atom is 0.159 e. The minimum atomic E-state index is 0.632. The van der Waals surface area contributed by atoms with Crippen molar-refractivity contribution in [2.45, 2.75) is 13.3 Å². The van der Waals surface area contributed by atoms with Gasteiger partial charge in [-0.3, -0.25) is 0 Å². The lowest BCUT2D eigenvalue weighted by atomic mass is 10.1. The molecular weight excluding hydrogens is 198 g/mol. The van der Waals surface area contributed by atoms with Gasteiger partial charge < -0.3 is 5.73 Å². The predicted octanol–water partition coefficient (Wildman–Crippen LogP) is 1.95. The summed E-state index contributed by atoms with van der Waals surface area (Å²) in [5.41, 5.74) is 8.84. The molecule has 0 aliphatic heterocycles. The van der Waals surface area contributed by atoms with Crippen molar-refractivity contribution in [1.29, 1.82) is 0 Å². The summed E-state index contributed by atoms with van der Waals surface area (Å²) in [6.45, 7) is 2.69. The monoisotopic (exact) mass is 213 g/mol. The van der Waals surface area contributed by atoms with Crippen LogP contribution in [-0.2, 0) is 6.42 Å². The molecule has 82 valence electrons. The third-order valence-electron chi connectivity index (χ3n) is 2.52. The number of benzene rings is 1. The van der Waals surface area contributed by atoms with Crippen molar-refractivity contribution >= 4 is 0 Å². The average Bonchev–Trinajstić information content (AvgIpc) is 2.31. The van der Waals surface area contributed by atoms with Crippen molar-refractivity contribution in [2.24, 2.45) is 5.73 Å². The molecule has 3 heteroatoms. The lowest BCUT2D eigenvalue weighted by Crippen LogP contribution is -2.03. The number of aromatic nitrogens is 2. The summed E-state index contributed by atoms with van der Waals surface area (Å²) < 4.78 is 0. The van der Waals surface area contributed by atoms with E-state index in [0.29, 0.717) is 6.54 Å². The quantitative estimate of drug-likeness (QED) is 0.847. The Balaban J connectivity index is 2.31. The van der Waals surface area contributed by atoms with Gasteiger partial charge in [-0.05, 0) is 31.0 Å². The van der Waals surface area contributed by atoms with Crippen LogP contribution in [-0.4, -0.2) is 16.5 Å². The normalized spacial score (nSPS) is 10.4. The first-order chi connectivity index (χ1) is 7.81. The predicted molar refractivity (Wildman–Crippen MR) is 65.0 cm³/mol. The summed E-state index contributed by atoms with van der Waals surface area (Å²) >= 11 is 0. The first-order valence-corrected chi connectivity index (χ1v) is 5.38. The molecule has 0 fully saturated rings. The summed E-state index contributed by atoms with van der Waals surface area (Å²) in [5, 5.41) is 0. The lowest BCUT2D eigenvalue weighted by Gasteiger charge is -2.04. The average molecular weight is 213 g/mol. The molecule has 0 unspecified atom stereocenters. The van der Waals surface area contributed by atoms with Crippen molar-refractivity contribution in [3.05, 3.63) is 47.8 Å². The van der Waals surface area contributed by atoms with E-state index in [1.165, 1.54) is 5.56 Å². The second-order valence-corrected chi connectivity index (χ2v) is 3.77. The van der Waals surface area contributed by atoms with E-state index in [4.69, 9.17) is 5.73 Å². The van der Waals surface area contributed by atoms with Crippen LogP contribution in [0.5, 0.6) is 0 Å². The van der Waals surface area contributed by atoms with Crippen molar-refractivity contribution in [1.82, 2.24) is 9.97 Å². The summed E-state index contributed by atoms with van der Waals surface area (Å²) in [7, 11) is 0. The number of hydrogen-bond donors (Lipinski definition) is 1. The molecule has 0 bridgehead atoms. The standard InChI is InChI=1S/C13H15N3/c1-10-4-2-3-5-12(10)13-15-8-11(6-7-14)9-16-13/h2-5,8-9H,6-7,14H2,1H3. The van der Waals surface area contributed by atoms with Crippen LogP contribution < -0.4 is 5.73 Å². The molecule has 0 saturated carbocycles. The Labute approximate surface area is 95.4 Å². The number of aryl methyl sites for hydroxylation is 1. The van der Waals surface area contributed by atoms with Crippen molar-refractivity contribution in [3.63, 3.8) is 0 Å². The van der Waals surface area contributed by atoms with Gasteiger partial charge in [0.2, 0.25) is 0 Å². The van der Waals surface area contributed by atoms with Crippen LogP contribution in [0.15, 0.2) is 36.7 Å². The highest BCUT2D eigenvalue weighted by Crippen LogP contribution is 2.18. The minimum Gasteiger partial charge on any atom is -0.330 e. The largest absolute Gasteiger partial charge is 0.330 e. The lowest BCUT2D eigenvalue weighted by molar-refractivity contribution is 0.943. The molecular formula is C13H15N3. The zero-order valence-corrected chi connectivity index (χ0v) is 9.35. The Bertz CT molecular complexity index is 463. The third kappa shape index (κ3) is 2.25. The van der Waals surface area contributed by atoms with Crippen LogP contribution in [0.3, 0.4) is 0 Å². The summed E-state index contributed by atoms with van der Waals surface area (Å²) in [6.07, 6.45) is 4.53. The van der Waals surface area contributed by atoms with Crippen molar-refractivity contribution < 1.29 is 0 Å². The number of nitrogens with zero attached hydrogens (tertiary/aromatic N) is 2. The highest BCUT2D eigenvalue weighted by molar-refractivity contribution is 5.59. The van der Waals surface area contributed by atoms with Crippen molar-refractivity contribution in [3.8, 4) is 11.4 Å². The molecule has 2 rings (SSSR count). The molecule has 0 amide bonds. The van der Waals surface area contributed by atoms with Crippen LogP contribution >= 0.6 is 0 Å². The zero-order valence-electron chi connectivity index (χ0n) is 9.35. The third-order valence-corrected chi connectivity index (χ3v) is 2.52. The van der Waals surface area contributed by atoms with Gasteiger partial charge in [-0.2, -0.15) is 0 Å². The molecule has 0 atom stereocenters. The van der Waals surface area contributed by atoms with E-state index >= 15 is 0 Å². The molecule has 0 radical (unpaired) electrons. The Morgan fingerprint density at radius 1 is 1.12 bits per heavy atom. The van der Waals surface area contributed by atoms with E-state index in [2.05, 4.69) is 23.0 Å². The molecule has 1 aromatic carbocycles. The van der Waals surface area contributed by atoms with E-state index in [9.17, 15) is 0 Å². The molecule has 0 aliphatic rings.